The fourth-order valence-electron chi connectivity index (χ4n) is 1.56. The number of carbonyl (C=O) groups is 1. The third kappa shape index (κ3) is 4.14. The molecule has 0 spiro atoms. The van der Waals surface area contributed by atoms with Gasteiger partial charge in [-0.15, -0.1) is 0 Å². The topological polar surface area (TPSA) is 59.0 Å². The smallest absolute Gasteiger partial charge is 0.222 e. The van der Waals surface area contributed by atoms with Gasteiger partial charge in [0.15, 0.2) is 0 Å². The molecule has 0 aromatic carbocycles. The van der Waals surface area contributed by atoms with Gasteiger partial charge in [-0.1, -0.05) is 0 Å². The van der Waals surface area contributed by atoms with Crippen LogP contribution in [0.1, 0.15) is 39.7 Å². The Morgan fingerprint density at radius 3 is 2.72 bits per heavy atom. The number of hydrogen-bond donors (Lipinski definition) is 2. The zero-order chi connectivity index (χ0) is 13.8. The molecule has 5 heteroatoms. The molecule has 0 aliphatic rings. The summed E-state index contributed by atoms with van der Waals surface area (Å²) >= 11 is 0. The molecule has 0 radical (unpaired) electrons. The van der Waals surface area contributed by atoms with Crippen LogP contribution in [0, 0.1) is 0 Å². The lowest BCUT2D eigenvalue weighted by molar-refractivity contribution is -0.121. The number of aryl methyl sites for hydroxylation is 1. The van der Waals surface area contributed by atoms with E-state index in [1.54, 1.807) is 0 Å². The van der Waals surface area contributed by atoms with Crippen molar-refractivity contribution in [2.24, 2.45) is 0 Å². The van der Waals surface area contributed by atoms with Crippen molar-refractivity contribution >= 4 is 5.91 Å². The van der Waals surface area contributed by atoms with Crippen molar-refractivity contribution in [1.82, 2.24) is 20.4 Å². The van der Waals surface area contributed by atoms with Gasteiger partial charge in [0.1, 0.15) is 0 Å². The fourth-order valence-corrected chi connectivity index (χ4v) is 1.56. The minimum Gasteiger partial charge on any atom is -0.354 e. The second kappa shape index (κ2) is 6.00. The number of carbonyl (C=O) groups excluding carboxylic acids is 1. The molecule has 18 heavy (non-hydrogen) atoms. The Morgan fingerprint density at radius 2 is 2.17 bits per heavy atom. The standard InChI is InChI=1S/C13H24N4O/c1-10(2)16-12(18)6-7-17-9-11(8-15-17)13(3,4)14-5/h8-10,14H,6-7H2,1-5H3,(H,16,18). The molecule has 102 valence electrons. The molecular weight excluding hydrogens is 228 g/mol. The number of hydrogen-bond acceptors (Lipinski definition) is 3. The molecule has 0 aliphatic heterocycles. The molecule has 1 amide bonds. The van der Waals surface area contributed by atoms with E-state index in [0.717, 1.165) is 5.56 Å². The number of amides is 1. The van der Waals surface area contributed by atoms with E-state index in [1.165, 1.54) is 0 Å². The van der Waals surface area contributed by atoms with Gasteiger partial charge in [0, 0.05) is 36.3 Å². The predicted octanol–water partition coefficient (Wildman–Crippen LogP) is 1.25. The molecule has 1 aromatic heterocycles. The van der Waals surface area contributed by atoms with Gasteiger partial charge in [-0.05, 0) is 34.7 Å². The predicted molar refractivity (Wildman–Crippen MR) is 72.2 cm³/mol. The molecule has 0 saturated carbocycles. The van der Waals surface area contributed by atoms with Crippen LogP contribution in [0.3, 0.4) is 0 Å². The molecule has 1 rings (SSSR count). The van der Waals surface area contributed by atoms with Crippen LogP contribution in [0.2, 0.25) is 0 Å². The summed E-state index contributed by atoms with van der Waals surface area (Å²) in [5.74, 6) is 0.0647. The van der Waals surface area contributed by atoms with E-state index in [4.69, 9.17) is 0 Å². The van der Waals surface area contributed by atoms with Crippen LogP contribution < -0.4 is 10.6 Å². The van der Waals surface area contributed by atoms with E-state index in [0.29, 0.717) is 13.0 Å². The summed E-state index contributed by atoms with van der Waals surface area (Å²) < 4.78 is 1.81. The van der Waals surface area contributed by atoms with Gasteiger partial charge < -0.3 is 10.6 Å². The van der Waals surface area contributed by atoms with Crippen molar-refractivity contribution in [2.75, 3.05) is 7.05 Å². The molecule has 0 saturated heterocycles. The minimum absolute atomic E-state index is 0.0647. The second-order valence-electron chi connectivity index (χ2n) is 5.34. The molecule has 0 bridgehead atoms. The minimum atomic E-state index is -0.0988. The van der Waals surface area contributed by atoms with Crippen LogP contribution in [0.5, 0.6) is 0 Å². The Labute approximate surface area is 109 Å². The first-order valence-electron chi connectivity index (χ1n) is 6.36. The SMILES string of the molecule is CNC(C)(C)c1cnn(CCC(=O)NC(C)C)c1. The Morgan fingerprint density at radius 1 is 1.50 bits per heavy atom. The van der Waals surface area contributed by atoms with Crippen molar-refractivity contribution in [3.8, 4) is 0 Å². The van der Waals surface area contributed by atoms with E-state index in [9.17, 15) is 4.79 Å². The lowest BCUT2D eigenvalue weighted by atomic mass is 9.98. The molecule has 0 aliphatic carbocycles. The second-order valence-corrected chi connectivity index (χ2v) is 5.34. The maximum Gasteiger partial charge on any atom is 0.222 e. The summed E-state index contributed by atoms with van der Waals surface area (Å²) in [6.07, 6.45) is 4.29. The lowest BCUT2D eigenvalue weighted by Crippen LogP contribution is -2.32. The van der Waals surface area contributed by atoms with Crippen molar-refractivity contribution in [3.05, 3.63) is 18.0 Å². The molecular formula is C13H24N4O. The average molecular weight is 252 g/mol. The highest BCUT2D eigenvalue weighted by atomic mass is 16.1. The number of aromatic nitrogens is 2. The zero-order valence-electron chi connectivity index (χ0n) is 11.9. The van der Waals surface area contributed by atoms with E-state index >= 15 is 0 Å². The molecule has 0 atom stereocenters. The highest BCUT2D eigenvalue weighted by Crippen LogP contribution is 2.18. The van der Waals surface area contributed by atoms with Gasteiger partial charge in [0.05, 0.1) is 6.20 Å². The van der Waals surface area contributed by atoms with E-state index in [-0.39, 0.29) is 17.5 Å². The molecule has 0 fully saturated rings. The maximum atomic E-state index is 11.5. The van der Waals surface area contributed by atoms with Gasteiger partial charge in [0.25, 0.3) is 0 Å². The third-order valence-corrected chi connectivity index (χ3v) is 3.00. The fraction of sp³-hybridized carbons (Fsp3) is 0.692. The number of rotatable bonds is 6. The summed E-state index contributed by atoms with van der Waals surface area (Å²) in [5, 5.41) is 10.4. The van der Waals surface area contributed by atoms with E-state index in [1.807, 2.05) is 38.0 Å². The van der Waals surface area contributed by atoms with Gasteiger partial charge in [-0.2, -0.15) is 5.10 Å². The maximum absolute atomic E-state index is 11.5. The molecule has 1 aromatic rings. The van der Waals surface area contributed by atoms with E-state index < -0.39 is 0 Å². The van der Waals surface area contributed by atoms with Crippen molar-refractivity contribution in [1.29, 1.82) is 0 Å². The average Bonchev–Trinajstić information content (AvgIpc) is 2.74. The van der Waals surface area contributed by atoms with Crippen molar-refractivity contribution in [2.45, 2.75) is 52.2 Å². The van der Waals surface area contributed by atoms with Crippen LogP contribution in [0.15, 0.2) is 12.4 Å². The first-order valence-corrected chi connectivity index (χ1v) is 6.36. The largest absolute Gasteiger partial charge is 0.354 e. The first-order chi connectivity index (χ1) is 8.35. The first kappa shape index (κ1) is 14.7. The Balaban J connectivity index is 2.52. The summed E-state index contributed by atoms with van der Waals surface area (Å²) in [7, 11) is 1.92. The van der Waals surface area contributed by atoms with Gasteiger partial charge >= 0.3 is 0 Å². The van der Waals surface area contributed by atoms with Crippen LogP contribution in [0.25, 0.3) is 0 Å². The number of nitrogens with zero attached hydrogens (tertiary/aromatic N) is 2. The van der Waals surface area contributed by atoms with Crippen molar-refractivity contribution < 1.29 is 4.79 Å². The Hall–Kier alpha value is -1.36. The molecule has 0 unspecified atom stereocenters. The summed E-state index contributed by atoms with van der Waals surface area (Å²) in [6, 6.07) is 0.189. The van der Waals surface area contributed by atoms with Crippen molar-refractivity contribution in [3.63, 3.8) is 0 Å². The normalized spacial score (nSPS) is 11.9. The van der Waals surface area contributed by atoms with Crippen LogP contribution in [-0.4, -0.2) is 28.8 Å². The molecule has 1 heterocycles. The van der Waals surface area contributed by atoms with Crippen LogP contribution >= 0.6 is 0 Å². The highest BCUT2D eigenvalue weighted by molar-refractivity contribution is 5.76. The molecule has 5 nitrogen and oxygen atoms in total. The summed E-state index contributed by atoms with van der Waals surface area (Å²) in [6.45, 7) is 8.72. The number of nitrogens with one attached hydrogen (secondary N) is 2. The van der Waals surface area contributed by atoms with Gasteiger partial charge in [0.2, 0.25) is 5.91 Å². The van der Waals surface area contributed by atoms with E-state index in [2.05, 4.69) is 29.6 Å². The Kier molecular flexibility index (Phi) is 4.90. The highest BCUT2D eigenvalue weighted by Gasteiger charge is 2.19. The van der Waals surface area contributed by atoms with Gasteiger partial charge in [-0.25, -0.2) is 0 Å². The lowest BCUT2D eigenvalue weighted by Gasteiger charge is -2.21. The monoisotopic (exact) mass is 252 g/mol. The zero-order valence-corrected chi connectivity index (χ0v) is 11.9. The quantitative estimate of drug-likeness (QED) is 0.801. The van der Waals surface area contributed by atoms with Crippen LogP contribution in [0.4, 0.5) is 0 Å². The van der Waals surface area contributed by atoms with Gasteiger partial charge in [-0.3, -0.25) is 9.48 Å². The molecule has 2 N–H and O–H groups in total. The van der Waals surface area contributed by atoms with Crippen LogP contribution in [-0.2, 0) is 16.9 Å². The third-order valence-electron chi connectivity index (χ3n) is 3.00. The summed E-state index contributed by atoms with van der Waals surface area (Å²) in [5.41, 5.74) is 1.02. The Bertz CT molecular complexity index is 395. The summed E-state index contributed by atoms with van der Waals surface area (Å²) in [4.78, 5) is 11.5.